The van der Waals surface area contributed by atoms with E-state index in [0.29, 0.717) is 0 Å². The van der Waals surface area contributed by atoms with E-state index < -0.39 is 0 Å². The molecule has 1 saturated heterocycles. The van der Waals surface area contributed by atoms with E-state index in [0.717, 1.165) is 26.1 Å². The van der Waals surface area contributed by atoms with E-state index in [1.165, 1.54) is 39.1 Å². The van der Waals surface area contributed by atoms with Crippen LogP contribution < -0.4 is 10.2 Å². The van der Waals surface area contributed by atoms with Crippen molar-refractivity contribution in [2.24, 2.45) is 0 Å². The van der Waals surface area contributed by atoms with Crippen LogP contribution in [0.4, 0.5) is 5.69 Å². The predicted molar refractivity (Wildman–Crippen MR) is 113 cm³/mol. The maximum absolute atomic E-state index is 3.68. The smallest absolute Gasteiger partial charge is 0.0819 e. The second-order valence-electron chi connectivity index (χ2n) is 7.96. The largest absolute Gasteiger partial charge is 0.359 e. The lowest BCUT2D eigenvalue weighted by Crippen LogP contribution is -2.57. The highest BCUT2D eigenvalue weighted by Gasteiger charge is 2.47. The van der Waals surface area contributed by atoms with Gasteiger partial charge in [0.15, 0.2) is 0 Å². The van der Waals surface area contributed by atoms with Crippen molar-refractivity contribution in [3.8, 4) is 11.1 Å². The molecule has 2 nitrogen and oxygen atoms in total. The van der Waals surface area contributed by atoms with Crippen molar-refractivity contribution < 1.29 is 0 Å². The standard InChI is InChI=1S/C25H26N2/c1-18-15-23-22(24(19(18)2)20-9-5-3-6-10-20)16-25(17-26-13-14-27(23)25)21-11-7-4-8-12-21/h3-12,15,26H,13-14,16-17H2,1-2H3. The summed E-state index contributed by atoms with van der Waals surface area (Å²) in [6.07, 6.45) is 1.06. The second-order valence-corrected chi connectivity index (χ2v) is 7.96. The molecule has 3 aromatic carbocycles. The van der Waals surface area contributed by atoms with Crippen molar-refractivity contribution in [2.45, 2.75) is 25.8 Å². The molecule has 0 bridgehead atoms. The first-order valence-electron chi connectivity index (χ1n) is 9.93. The Balaban J connectivity index is 1.75. The highest BCUT2D eigenvalue weighted by Crippen LogP contribution is 2.50. The number of nitrogens with zero attached hydrogens (tertiary/aromatic N) is 1. The van der Waals surface area contributed by atoms with Crippen LogP contribution in [0.5, 0.6) is 0 Å². The van der Waals surface area contributed by atoms with E-state index in [9.17, 15) is 0 Å². The highest BCUT2D eigenvalue weighted by molar-refractivity contribution is 5.82. The zero-order valence-corrected chi connectivity index (χ0v) is 16.1. The van der Waals surface area contributed by atoms with E-state index in [2.05, 4.69) is 90.8 Å². The predicted octanol–water partition coefficient (Wildman–Crippen LogP) is 4.83. The van der Waals surface area contributed by atoms with E-state index in [1.54, 1.807) is 0 Å². The zero-order valence-electron chi connectivity index (χ0n) is 16.1. The molecule has 27 heavy (non-hydrogen) atoms. The van der Waals surface area contributed by atoms with Crippen LogP contribution in [0.3, 0.4) is 0 Å². The minimum Gasteiger partial charge on any atom is -0.359 e. The topological polar surface area (TPSA) is 15.3 Å². The molecule has 136 valence electrons. The van der Waals surface area contributed by atoms with Gasteiger partial charge in [0.25, 0.3) is 0 Å². The molecular weight excluding hydrogens is 328 g/mol. The molecule has 1 atom stereocenters. The van der Waals surface area contributed by atoms with Gasteiger partial charge in [-0.3, -0.25) is 0 Å². The fourth-order valence-corrected chi connectivity index (χ4v) is 5.07. The Bertz CT molecular complexity index is 978. The molecule has 0 spiro atoms. The minimum absolute atomic E-state index is 0.0195. The third kappa shape index (κ3) is 2.44. The van der Waals surface area contributed by atoms with Crippen molar-refractivity contribution in [2.75, 3.05) is 24.5 Å². The Morgan fingerprint density at radius 1 is 0.926 bits per heavy atom. The van der Waals surface area contributed by atoms with Gasteiger partial charge < -0.3 is 10.2 Å². The summed E-state index contributed by atoms with van der Waals surface area (Å²) in [5, 5.41) is 3.68. The molecule has 3 aromatic rings. The van der Waals surface area contributed by atoms with Gasteiger partial charge in [-0.15, -0.1) is 0 Å². The normalized spacial score (nSPS) is 21.0. The summed E-state index contributed by atoms with van der Waals surface area (Å²) in [6.45, 7) is 7.63. The van der Waals surface area contributed by atoms with E-state index in [1.807, 2.05) is 0 Å². The molecule has 0 aromatic heterocycles. The van der Waals surface area contributed by atoms with Crippen molar-refractivity contribution in [3.63, 3.8) is 0 Å². The Morgan fingerprint density at radius 2 is 1.63 bits per heavy atom. The first-order valence-corrected chi connectivity index (χ1v) is 9.93. The van der Waals surface area contributed by atoms with E-state index >= 15 is 0 Å². The fraction of sp³-hybridized carbons (Fsp3) is 0.280. The number of piperazine rings is 1. The van der Waals surface area contributed by atoms with Gasteiger partial charge in [0.05, 0.1) is 5.54 Å². The van der Waals surface area contributed by atoms with Crippen molar-refractivity contribution in [1.29, 1.82) is 0 Å². The van der Waals surface area contributed by atoms with Gasteiger partial charge in [-0.2, -0.15) is 0 Å². The maximum atomic E-state index is 3.68. The number of hydrogen-bond acceptors (Lipinski definition) is 2. The maximum Gasteiger partial charge on any atom is 0.0819 e. The Hall–Kier alpha value is -2.58. The number of hydrogen-bond donors (Lipinski definition) is 1. The van der Waals surface area contributed by atoms with Crippen LogP contribution in [0.1, 0.15) is 22.3 Å². The summed E-state index contributed by atoms with van der Waals surface area (Å²) in [5.41, 5.74) is 9.96. The second kappa shape index (κ2) is 6.24. The first-order chi connectivity index (χ1) is 13.2. The Kier molecular flexibility index (Phi) is 3.84. The van der Waals surface area contributed by atoms with Gasteiger partial charge in [0.1, 0.15) is 0 Å². The van der Waals surface area contributed by atoms with E-state index in [4.69, 9.17) is 0 Å². The molecule has 0 amide bonds. The van der Waals surface area contributed by atoms with E-state index in [-0.39, 0.29) is 5.54 Å². The molecule has 1 unspecified atom stereocenters. The number of anilines is 1. The third-order valence-corrected chi connectivity index (χ3v) is 6.51. The molecule has 0 saturated carbocycles. The molecule has 2 aliphatic rings. The summed E-state index contributed by atoms with van der Waals surface area (Å²) in [7, 11) is 0. The summed E-state index contributed by atoms with van der Waals surface area (Å²) in [6, 6.07) is 24.4. The summed E-state index contributed by atoms with van der Waals surface area (Å²) in [4.78, 5) is 2.67. The Labute approximate surface area is 161 Å². The van der Waals surface area contributed by atoms with Crippen LogP contribution in [-0.2, 0) is 12.0 Å². The summed E-state index contributed by atoms with van der Waals surface area (Å²) in [5.74, 6) is 0. The molecule has 2 heterocycles. The molecule has 5 rings (SSSR count). The average molecular weight is 354 g/mol. The van der Waals surface area contributed by atoms with Crippen molar-refractivity contribution in [1.82, 2.24) is 5.32 Å². The lowest BCUT2D eigenvalue weighted by Gasteiger charge is -2.45. The first kappa shape index (κ1) is 16.6. The van der Waals surface area contributed by atoms with Crippen molar-refractivity contribution in [3.05, 3.63) is 89.0 Å². The molecule has 0 aliphatic carbocycles. The van der Waals surface area contributed by atoms with Crippen LogP contribution >= 0.6 is 0 Å². The van der Waals surface area contributed by atoms with Crippen LogP contribution in [0, 0.1) is 13.8 Å². The summed E-state index contributed by atoms with van der Waals surface area (Å²) < 4.78 is 0. The zero-order chi connectivity index (χ0) is 18.4. The van der Waals surface area contributed by atoms with Crippen LogP contribution in [0.2, 0.25) is 0 Å². The SMILES string of the molecule is Cc1cc2c(c(-c3ccccc3)c1C)CC1(c3ccccc3)CNCCN21. The van der Waals surface area contributed by atoms with Gasteiger partial charge in [-0.05, 0) is 53.3 Å². The molecule has 2 aliphatic heterocycles. The lowest BCUT2D eigenvalue weighted by molar-refractivity contribution is 0.350. The quantitative estimate of drug-likeness (QED) is 0.709. The van der Waals surface area contributed by atoms with Gasteiger partial charge in [-0.25, -0.2) is 0 Å². The average Bonchev–Trinajstić information content (AvgIpc) is 3.05. The number of aryl methyl sites for hydroxylation is 1. The highest BCUT2D eigenvalue weighted by atomic mass is 15.3. The molecule has 2 heteroatoms. The van der Waals surface area contributed by atoms with Gasteiger partial charge >= 0.3 is 0 Å². The molecule has 1 N–H and O–H groups in total. The number of rotatable bonds is 2. The van der Waals surface area contributed by atoms with Gasteiger partial charge in [0.2, 0.25) is 0 Å². The van der Waals surface area contributed by atoms with Gasteiger partial charge in [-0.1, -0.05) is 60.7 Å². The third-order valence-electron chi connectivity index (χ3n) is 6.51. The molecule has 0 radical (unpaired) electrons. The van der Waals surface area contributed by atoms with Crippen LogP contribution in [0.25, 0.3) is 11.1 Å². The molecule has 1 fully saturated rings. The van der Waals surface area contributed by atoms with Crippen molar-refractivity contribution >= 4 is 5.69 Å². The minimum atomic E-state index is 0.0195. The van der Waals surface area contributed by atoms with Crippen LogP contribution in [-0.4, -0.2) is 19.6 Å². The number of fused-ring (bicyclic) bond motifs is 3. The van der Waals surface area contributed by atoms with Crippen LogP contribution in [0.15, 0.2) is 66.7 Å². The monoisotopic (exact) mass is 354 g/mol. The molecular formula is C25H26N2. The summed E-state index contributed by atoms with van der Waals surface area (Å²) >= 11 is 0. The Morgan fingerprint density at radius 3 is 2.37 bits per heavy atom. The number of nitrogens with one attached hydrogen (secondary N) is 1. The lowest BCUT2D eigenvalue weighted by atomic mass is 9.82. The fourth-order valence-electron chi connectivity index (χ4n) is 5.07. The number of benzene rings is 3. The van der Waals surface area contributed by atoms with Gasteiger partial charge in [0, 0.05) is 31.7 Å².